The van der Waals surface area contributed by atoms with Crippen molar-refractivity contribution < 1.29 is 9.53 Å². The normalized spacial score (nSPS) is 10.3. The Hall–Kier alpha value is -4.26. The summed E-state index contributed by atoms with van der Waals surface area (Å²) in [5.74, 6) is 1.74. The summed E-state index contributed by atoms with van der Waals surface area (Å²) < 4.78 is 5.79. The number of nitrogens with zero attached hydrogens (tertiary/aromatic N) is 3. The Labute approximate surface area is 173 Å². The van der Waals surface area contributed by atoms with Gasteiger partial charge < -0.3 is 15.4 Å². The number of amides is 1. The highest BCUT2D eigenvalue weighted by Gasteiger charge is 2.09. The lowest BCUT2D eigenvalue weighted by molar-refractivity contribution is 0.0945. The zero-order chi connectivity index (χ0) is 20.6. The highest BCUT2D eigenvalue weighted by molar-refractivity contribution is 5.92. The van der Waals surface area contributed by atoms with Crippen molar-refractivity contribution in [1.29, 1.82) is 0 Å². The number of carbonyl (C=O) groups excluding carboxylic acids is 1. The summed E-state index contributed by atoms with van der Waals surface area (Å²) in [6, 6.07) is 22.4. The van der Waals surface area contributed by atoms with Gasteiger partial charge in [-0.3, -0.25) is 9.78 Å². The van der Waals surface area contributed by atoms with Gasteiger partial charge in [0.1, 0.15) is 29.3 Å². The molecule has 4 rings (SSSR count). The molecule has 0 aliphatic carbocycles. The Balaban J connectivity index is 1.37. The minimum absolute atomic E-state index is 0.278. The molecule has 0 radical (unpaired) electrons. The Bertz CT molecular complexity index is 1100. The van der Waals surface area contributed by atoms with Gasteiger partial charge in [0.15, 0.2) is 0 Å². The van der Waals surface area contributed by atoms with Crippen LogP contribution in [0.4, 0.5) is 11.5 Å². The zero-order valence-electron chi connectivity index (χ0n) is 16.0. The number of nitrogens with one attached hydrogen (secondary N) is 2. The topological polar surface area (TPSA) is 89.0 Å². The van der Waals surface area contributed by atoms with E-state index in [2.05, 4.69) is 25.6 Å². The first kappa shape index (κ1) is 19.1. The molecule has 2 N–H and O–H groups in total. The number of aromatic nitrogens is 3. The predicted octanol–water partition coefficient (Wildman–Crippen LogP) is 4.34. The lowest BCUT2D eigenvalue weighted by Crippen LogP contribution is -2.24. The molecule has 148 valence electrons. The molecule has 1 amide bonds. The minimum atomic E-state index is -0.282. The molecular weight excluding hydrogens is 378 g/mol. The Kier molecular flexibility index (Phi) is 5.91. The third kappa shape index (κ3) is 5.17. The van der Waals surface area contributed by atoms with Crippen molar-refractivity contribution >= 4 is 17.4 Å². The number of ether oxygens (including phenoxy) is 1. The number of benzene rings is 2. The van der Waals surface area contributed by atoms with Crippen LogP contribution in [-0.4, -0.2) is 20.9 Å². The van der Waals surface area contributed by atoms with E-state index in [-0.39, 0.29) is 11.6 Å². The molecule has 0 saturated heterocycles. The molecule has 0 spiro atoms. The minimum Gasteiger partial charge on any atom is -0.457 e. The molecule has 2 aromatic carbocycles. The monoisotopic (exact) mass is 397 g/mol. The second-order valence-electron chi connectivity index (χ2n) is 6.40. The summed E-state index contributed by atoms with van der Waals surface area (Å²) in [6.45, 7) is 0.377. The van der Waals surface area contributed by atoms with Crippen molar-refractivity contribution in [2.24, 2.45) is 0 Å². The van der Waals surface area contributed by atoms with Crippen LogP contribution >= 0.6 is 0 Å². The largest absolute Gasteiger partial charge is 0.457 e. The summed E-state index contributed by atoms with van der Waals surface area (Å²) in [5.41, 5.74) is 2.01. The van der Waals surface area contributed by atoms with E-state index >= 15 is 0 Å². The number of hydrogen-bond donors (Lipinski definition) is 2. The van der Waals surface area contributed by atoms with Gasteiger partial charge >= 0.3 is 0 Å². The fourth-order valence-electron chi connectivity index (χ4n) is 2.70. The Morgan fingerprint density at radius 3 is 2.47 bits per heavy atom. The molecule has 2 heterocycles. The molecule has 0 bridgehead atoms. The predicted molar refractivity (Wildman–Crippen MR) is 114 cm³/mol. The van der Waals surface area contributed by atoms with Crippen molar-refractivity contribution in [2.75, 3.05) is 5.32 Å². The zero-order valence-corrected chi connectivity index (χ0v) is 16.0. The quantitative estimate of drug-likeness (QED) is 0.482. The number of para-hydroxylation sites is 1. The van der Waals surface area contributed by atoms with Crippen molar-refractivity contribution in [3.05, 3.63) is 103 Å². The molecule has 0 aliphatic heterocycles. The van der Waals surface area contributed by atoms with Crippen LogP contribution in [0, 0.1) is 0 Å². The average Bonchev–Trinajstić information content (AvgIpc) is 2.80. The van der Waals surface area contributed by atoms with Gasteiger partial charge in [0.2, 0.25) is 0 Å². The SMILES string of the molecule is O=C(NCc1cccnc1)c1cc(Nc2ccc(Oc3ccccc3)cc2)ncn1. The average molecular weight is 397 g/mol. The van der Waals surface area contributed by atoms with E-state index in [9.17, 15) is 4.79 Å². The summed E-state index contributed by atoms with van der Waals surface area (Å²) in [7, 11) is 0. The first-order valence-corrected chi connectivity index (χ1v) is 9.35. The van der Waals surface area contributed by atoms with Crippen molar-refractivity contribution in [3.63, 3.8) is 0 Å². The molecule has 30 heavy (non-hydrogen) atoms. The van der Waals surface area contributed by atoms with Gasteiger partial charge in [-0.05, 0) is 48.0 Å². The summed E-state index contributed by atoms with van der Waals surface area (Å²) >= 11 is 0. The molecule has 7 nitrogen and oxygen atoms in total. The van der Waals surface area contributed by atoms with Crippen LogP contribution in [-0.2, 0) is 6.54 Å². The van der Waals surface area contributed by atoms with Gasteiger partial charge in [0.25, 0.3) is 5.91 Å². The molecule has 2 aromatic heterocycles. The van der Waals surface area contributed by atoms with Gasteiger partial charge in [0.05, 0.1) is 0 Å². The fourth-order valence-corrected chi connectivity index (χ4v) is 2.70. The first-order chi connectivity index (χ1) is 14.8. The lowest BCUT2D eigenvalue weighted by Gasteiger charge is -2.09. The third-order valence-electron chi connectivity index (χ3n) is 4.18. The molecule has 7 heteroatoms. The highest BCUT2D eigenvalue weighted by Crippen LogP contribution is 2.23. The smallest absolute Gasteiger partial charge is 0.270 e. The molecule has 0 unspecified atom stereocenters. The van der Waals surface area contributed by atoms with Crippen LogP contribution in [0.2, 0.25) is 0 Å². The molecule has 0 fully saturated rings. The maximum Gasteiger partial charge on any atom is 0.270 e. The maximum atomic E-state index is 12.4. The molecule has 4 aromatic rings. The number of rotatable bonds is 7. The summed E-state index contributed by atoms with van der Waals surface area (Å²) in [6.07, 6.45) is 4.75. The lowest BCUT2D eigenvalue weighted by atomic mass is 10.2. The standard InChI is InChI=1S/C23H19N5O2/c29-23(25-15-17-5-4-12-24-14-17)21-13-22(27-16-26-21)28-18-8-10-20(11-9-18)30-19-6-2-1-3-7-19/h1-14,16H,15H2,(H,25,29)(H,26,27,28). The van der Waals surface area contributed by atoms with E-state index in [1.165, 1.54) is 6.33 Å². The first-order valence-electron chi connectivity index (χ1n) is 9.35. The van der Waals surface area contributed by atoms with E-state index in [1.807, 2.05) is 66.7 Å². The van der Waals surface area contributed by atoms with E-state index in [1.54, 1.807) is 18.5 Å². The van der Waals surface area contributed by atoms with Gasteiger partial charge in [-0.15, -0.1) is 0 Å². The molecular formula is C23H19N5O2. The van der Waals surface area contributed by atoms with Crippen LogP contribution in [0.1, 0.15) is 16.1 Å². The number of pyridine rings is 1. The Morgan fingerprint density at radius 1 is 0.900 bits per heavy atom. The highest BCUT2D eigenvalue weighted by atomic mass is 16.5. The van der Waals surface area contributed by atoms with Gasteiger partial charge in [-0.1, -0.05) is 24.3 Å². The van der Waals surface area contributed by atoms with Crippen LogP contribution in [0.3, 0.4) is 0 Å². The second kappa shape index (κ2) is 9.29. The molecule has 0 aliphatic rings. The Morgan fingerprint density at radius 2 is 1.70 bits per heavy atom. The van der Waals surface area contributed by atoms with Crippen LogP contribution in [0.5, 0.6) is 11.5 Å². The second-order valence-corrected chi connectivity index (χ2v) is 6.40. The molecule has 0 atom stereocenters. The fraction of sp³-hybridized carbons (Fsp3) is 0.0435. The molecule has 0 saturated carbocycles. The van der Waals surface area contributed by atoms with E-state index in [0.717, 1.165) is 22.7 Å². The van der Waals surface area contributed by atoms with Gasteiger partial charge in [0, 0.05) is 30.7 Å². The van der Waals surface area contributed by atoms with Gasteiger partial charge in [-0.2, -0.15) is 0 Å². The van der Waals surface area contributed by atoms with Gasteiger partial charge in [-0.25, -0.2) is 9.97 Å². The van der Waals surface area contributed by atoms with E-state index in [4.69, 9.17) is 4.74 Å². The van der Waals surface area contributed by atoms with Crippen LogP contribution in [0.25, 0.3) is 0 Å². The third-order valence-corrected chi connectivity index (χ3v) is 4.18. The number of anilines is 2. The van der Waals surface area contributed by atoms with E-state index in [0.29, 0.717) is 12.4 Å². The van der Waals surface area contributed by atoms with Crippen molar-refractivity contribution in [3.8, 4) is 11.5 Å². The van der Waals surface area contributed by atoms with Crippen LogP contribution < -0.4 is 15.4 Å². The van der Waals surface area contributed by atoms with Crippen LogP contribution in [0.15, 0.2) is 91.5 Å². The maximum absolute atomic E-state index is 12.4. The summed E-state index contributed by atoms with van der Waals surface area (Å²) in [5, 5.41) is 5.99. The number of carbonyl (C=O) groups is 1. The van der Waals surface area contributed by atoms with E-state index < -0.39 is 0 Å². The summed E-state index contributed by atoms with van der Waals surface area (Å²) in [4.78, 5) is 24.6. The van der Waals surface area contributed by atoms with Crippen molar-refractivity contribution in [2.45, 2.75) is 6.54 Å². The van der Waals surface area contributed by atoms with Crippen molar-refractivity contribution in [1.82, 2.24) is 20.3 Å². The number of hydrogen-bond acceptors (Lipinski definition) is 6.